The Morgan fingerprint density at radius 2 is 1.89 bits per heavy atom. The number of amides is 1. The molecular weight excluding hydrogens is 360 g/mol. The molecule has 7 heteroatoms. The number of aromatic nitrogens is 1. The minimum Gasteiger partial charge on any atom is -0.462 e. The van der Waals surface area contributed by atoms with E-state index in [-0.39, 0.29) is 30.9 Å². The lowest BCUT2D eigenvalue weighted by Gasteiger charge is -2.28. The van der Waals surface area contributed by atoms with Gasteiger partial charge in [0, 0.05) is 11.7 Å². The fraction of sp³-hybridized carbons (Fsp3) is 0.667. The van der Waals surface area contributed by atoms with Crippen LogP contribution in [0.1, 0.15) is 71.6 Å². The monoisotopic (exact) mass is 390 g/mol. The molecule has 0 aliphatic heterocycles. The highest BCUT2D eigenvalue weighted by atomic mass is 16.5. The zero-order valence-electron chi connectivity index (χ0n) is 17.1. The first-order valence-corrected chi connectivity index (χ1v) is 10.1. The predicted octanol–water partition coefficient (Wildman–Crippen LogP) is 2.91. The molecule has 154 valence electrons. The van der Waals surface area contributed by atoms with Crippen LogP contribution in [-0.4, -0.2) is 42.1 Å². The Hall–Kier alpha value is -2.31. The lowest BCUT2D eigenvalue weighted by molar-refractivity contribution is -0.125. The van der Waals surface area contributed by atoms with Gasteiger partial charge >= 0.3 is 11.9 Å². The number of carbonyl (C=O) groups is 3. The summed E-state index contributed by atoms with van der Waals surface area (Å²) in [6, 6.07) is 0.0892. The minimum atomic E-state index is -0.654. The Bertz CT molecular complexity index is 769. The molecule has 0 radical (unpaired) electrons. The molecule has 0 spiro atoms. The molecule has 1 amide bonds. The molecule has 1 aromatic rings. The van der Waals surface area contributed by atoms with E-state index in [0.717, 1.165) is 5.92 Å². The standard InChI is InChI=1S/C21H30N2O5/c1-5-27-20(25)18-11(2)19(23-13(18)4)21(26)28-10-17(24)22-12(3)16-9-14-6-7-15(16)8-14/h12,14-16,23H,5-10H2,1-4H3,(H,22,24)/t12-,14+,15+,16+/m1/s1. The van der Waals surface area contributed by atoms with Crippen molar-refractivity contribution in [3.8, 4) is 0 Å². The summed E-state index contributed by atoms with van der Waals surface area (Å²) in [5.41, 5.74) is 1.52. The van der Waals surface area contributed by atoms with Gasteiger partial charge in [-0.25, -0.2) is 9.59 Å². The molecule has 2 aliphatic rings. The first-order chi connectivity index (χ1) is 13.3. The van der Waals surface area contributed by atoms with Gasteiger partial charge in [0.2, 0.25) is 0 Å². The predicted molar refractivity (Wildman–Crippen MR) is 103 cm³/mol. The Kier molecular flexibility index (Phi) is 6.10. The molecule has 1 heterocycles. The number of rotatable bonds is 7. The van der Waals surface area contributed by atoms with Crippen molar-refractivity contribution in [2.75, 3.05) is 13.2 Å². The number of fused-ring (bicyclic) bond motifs is 2. The fourth-order valence-corrected chi connectivity index (χ4v) is 4.98. The van der Waals surface area contributed by atoms with Gasteiger partial charge < -0.3 is 19.8 Å². The lowest BCUT2D eigenvalue weighted by atomic mass is 9.84. The summed E-state index contributed by atoms with van der Waals surface area (Å²) in [4.78, 5) is 39.5. The van der Waals surface area contributed by atoms with Crippen molar-refractivity contribution < 1.29 is 23.9 Å². The molecule has 4 atom stereocenters. The third-order valence-corrected chi connectivity index (χ3v) is 6.28. The van der Waals surface area contributed by atoms with E-state index in [1.165, 1.54) is 25.7 Å². The van der Waals surface area contributed by atoms with Gasteiger partial charge in [-0.3, -0.25) is 4.79 Å². The highest BCUT2D eigenvalue weighted by Gasteiger charge is 2.42. The highest BCUT2D eigenvalue weighted by Crippen LogP contribution is 2.49. The van der Waals surface area contributed by atoms with Gasteiger partial charge in [0.25, 0.3) is 5.91 Å². The maximum absolute atomic E-state index is 12.4. The maximum Gasteiger partial charge on any atom is 0.355 e. The number of nitrogens with one attached hydrogen (secondary N) is 2. The van der Waals surface area contributed by atoms with Crippen molar-refractivity contribution in [1.82, 2.24) is 10.3 Å². The number of carbonyl (C=O) groups excluding carboxylic acids is 3. The number of aromatic amines is 1. The summed E-state index contributed by atoms with van der Waals surface area (Å²) in [7, 11) is 0. The summed E-state index contributed by atoms with van der Waals surface area (Å²) in [6.07, 6.45) is 5.05. The van der Waals surface area contributed by atoms with E-state index in [2.05, 4.69) is 10.3 Å². The molecule has 2 saturated carbocycles. The lowest BCUT2D eigenvalue weighted by Crippen LogP contribution is -2.42. The average Bonchev–Trinajstić information content (AvgIpc) is 3.34. The van der Waals surface area contributed by atoms with Crippen LogP contribution in [0.4, 0.5) is 0 Å². The van der Waals surface area contributed by atoms with Gasteiger partial charge in [-0.15, -0.1) is 0 Å². The zero-order valence-corrected chi connectivity index (χ0v) is 17.1. The van der Waals surface area contributed by atoms with Crippen LogP contribution in [0.25, 0.3) is 0 Å². The minimum absolute atomic E-state index is 0.0892. The van der Waals surface area contributed by atoms with Gasteiger partial charge in [-0.05, 0) is 70.3 Å². The first kappa shape index (κ1) is 20.4. The third-order valence-electron chi connectivity index (χ3n) is 6.28. The van der Waals surface area contributed by atoms with E-state index >= 15 is 0 Å². The molecule has 2 bridgehead atoms. The summed E-state index contributed by atoms with van der Waals surface area (Å²) >= 11 is 0. The van der Waals surface area contributed by atoms with Crippen LogP contribution in [0, 0.1) is 31.6 Å². The molecule has 28 heavy (non-hydrogen) atoms. The second-order valence-corrected chi connectivity index (χ2v) is 8.12. The topological polar surface area (TPSA) is 97.5 Å². The van der Waals surface area contributed by atoms with Crippen molar-refractivity contribution in [2.24, 2.45) is 17.8 Å². The molecule has 3 rings (SSSR count). The van der Waals surface area contributed by atoms with Crippen molar-refractivity contribution >= 4 is 17.8 Å². The largest absolute Gasteiger partial charge is 0.462 e. The molecule has 1 aromatic heterocycles. The average molecular weight is 390 g/mol. The number of aryl methyl sites for hydroxylation is 1. The van der Waals surface area contributed by atoms with E-state index in [1.807, 2.05) is 6.92 Å². The summed E-state index contributed by atoms with van der Waals surface area (Å²) in [5, 5.41) is 2.98. The van der Waals surface area contributed by atoms with E-state index < -0.39 is 11.9 Å². The molecule has 0 unspecified atom stereocenters. The Morgan fingerprint density at radius 3 is 2.50 bits per heavy atom. The Morgan fingerprint density at radius 1 is 1.14 bits per heavy atom. The van der Waals surface area contributed by atoms with Crippen LogP contribution in [0.15, 0.2) is 0 Å². The van der Waals surface area contributed by atoms with E-state index in [9.17, 15) is 14.4 Å². The van der Waals surface area contributed by atoms with Crippen molar-refractivity contribution in [3.63, 3.8) is 0 Å². The smallest absolute Gasteiger partial charge is 0.355 e. The van der Waals surface area contributed by atoms with Crippen LogP contribution in [0.2, 0.25) is 0 Å². The van der Waals surface area contributed by atoms with E-state index in [0.29, 0.717) is 28.7 Å². The maximum atomic E-state index is 12.4. The molecule has 7 nitrogen and oxygen atoms in total. The summed E-state index contributed by atoms with van der Waals surface area (Å²) in [6.45, 7) is 7.03. The fourth-order valence-electron chi connectivity index (χ4n) is 4.98. The number of H-pyrrole nitrogens is 1. The molecule has 0 aromatic carbocycles. The second-order valence-electron chi connectivity index (χ2n) is 8.12. The first-order valence-electron chi connectivity index (χ1n) is 10.1. The van der Waals surface area contributed by atoms with Crippen molar-refractivity contribution in [3.05, 3.63) is 22.5 Å². The molecular formula is C21H30N2O5. The van der Waals surface area contributed by atoms with Crippen molar-refractivity contribution in [2.45, 2.75) is 59.4 Å². The number of esters is 2. The van der Waals surface area contributed by atoms with Crippen LogP contribution in [0.3, 0.4) is 0 Å². The Balaban J connectivity index is 1.53. The number of ether oxygens (including phenoxy) is 2. The van der Waals surface area contributed by atoms with Gasteiger partial charge in [0.15, 0.2) is 6.61 Å². The van der Waals surface area contributed by atoms with Gasteiger partial charge in [0.1, 0.15) is 5.69 Å². The van der Waals surface area contributed by atoms with Crippen LogP contribution in [-0.2, 0) is 14.3 Å². The van der Waals surface area contributed by atoms with Crippen LogP contribution < -0.4 is 5.32 Å². The SMILES string of the molecule is CCOC(=O)c1c(C)[nH]c(C(=O)OCC(=O)N[C@H](C)[C@@H]2C[C@H]3CC[C@H]2C3)c1C. The molecule has 0 saturated heterocycles. The zero-order chi connectivity index (χ0) is 20.4. The molecule has 2 N–H and O–H groups in total. The summed E-state index contributed by atoms with van der Waals surface area (Å²) in [5.74, 6) is 0.631. The van der Waals surface area contributed by atoms with Crippen molar-refractivity contribution in [1.29, 1.82) is 0 Å². The normalized spacial score (nSPS) is 24.1. The summed E-state index contributed by atoms with van der Waals surface area (Å²) < 4.78 is 10.2. The van der Waals surface area contributed by atoms with E-state index in [4.69, 9.17) is 9.47 Å². The molecule has 2 aliphatic carbocycles. The van der Waals surface area contributed by atoms with Gasteiger partial charge in [0.05, 0.1) is 12.2 Å². The number of hydrogen-bond acceptors (Lipinski definition) is 5. The second kappa shape index (κ2) is 8.37. The quantitative estimate of drug-likeness (QED) is 0.698. The van der Waals surface area contributed by atoms with E-state index in [1.54, 1.807) is 20.8 Å². The van der Waals surface area contributed by atoms with Crippen LogP contribution in [0.5, 0.6) is 0 Å². The number of hydrogen-bond donors (Lipinski definition) is 2. The van der Waals surface area contributed by atoms with Gasteiger partial charge in [-0.1, -0.05) is 6.42 Å². The van der Waals surface area contributed by atoms with Gasteiger partial charge in [-0.2, -0.15) is 0 Å². The highest BCUT2D eigenvalue weighted by molar-refractivity contribution is 5.99. The Labute approximate surface area is 165 Å². The molecule has 2 fully saturated rings. The van der Waals surface area contributed by atoms with Crippen LogP contribution >= 0.6 is 0 Å². The third kappa shape index (κ3) is 4.08.